The van der Waals surface area contributed by atoms with Gasteiger partial charge < -0.3 is 10.2 Å². The second kappa shape index (κ2) is 3.18. The van der Waals surface area contributed by atoms with Crippen molar-refractivity contribution in [1.29, 1.82) is 0 Å². The topological polar surface area (TPSA) is 15.3 Å². The van der Waals surface area contributed by atoms with Crippen LogP contribution >= 0.6 is 0 Å². The van der Waals surface area contributed by atoms with Crippen LogP contribution in [-0.2, 0) is 0 Å². The minimum absolute atomic E-state index is 0.740. The van der Waals surface area contributed by atoms with Gasteiger partial charge in [-0.2, -0.15) is 0 Å². The number of likely N-dealkylation sites (N-methyl/N-ethyl adjacent to an activating group) is 2. The van der Waals surface area contributed by atoms with E-state index >= 15 is 0 Å². The Bertz CT molecular complexity index is 83.0. The monoisotopic (exact) mass is 128 g/mol. The Morgan fingerprint density at radius 2 is 2.33 bits per heavy atom. The van der Waals surface area contributed by atoms with Gasteiger partial charge in [-0.1, -0.05) is 0 Å². The largest absolute Gasteiger partial charge is 0.316 e. The highest BCUT2D eigenvalue weighted by atomic mass is 15.1. The zero-order valence-corrected chi connectivity index (χ0v) is 6.35. The molecule has 54 valence electrons. The maximum absolute atomic E-state index is 3.29. The number of rotatable bonds is 1. The molecular formula is C7H16N2. The van der Waals surface area contributed by atoms with E-state index in [1.807, 2.05) is 7.05 Å². The van der Waals surface area contributed by atoms with E-state index in [1.54, 1.807) is 0 Å². The first-order chi connectivity index (χ1) is 4.33. The maximum atomic E-state index is 3.29. The van der Waals surface area contributed by atoms with Crippen LogP contribution in [0.1, 0.15) is 12.8 Å². The average molecular weight is 128 g/mol. The van der Waals surface area contributed by atoms with Crippen molar-refractivity contribution in [1.82, 2.24) is 10.2 Å². The number of hydrogen-bond donors (Lipinski definition) is 1. The van der Waals surface area contributed by atoms with Crippen molar-refractivity contribution in [3.63, 3.8) is 0 Å². The van der Waals surface area contributed by atoms with E-state index < -0.39 is 0 Å². The van der Waals surface area contributed by atoms with Crippen LogP contribution in [0.25, 0.3) is 0 Å². The molecule has 0 aromatic rings. The molecule has 0 radical (unpaired) electrons. The predicted octanol–water partition coefficient (Wildman–Crippen LogP) is 0.300. The molecule has 1 atom stereocenters. The minimum Gasteiger partial charge on any atom is -0.316 e. The van der Waals surface area contributed by atoms with Gasteiger partial charge in [-0.05, 0) is 33.5 Å². The Hall–Kier alpha value is -0.0800. The predicted molar refractivity (Wildman–Crippen MR) is 39.6 cm³/mol. The molecule has 0 spiro atoms. The van der Waals surface area contributed by atoms with Crippen molar-refractivity contribution in [2.24, 2.45) is 0 Å². The van der Waals surface area contributed by atoms with Gasteiger partial charge in [0.1, 0.15) is 0 Å². The molecule has 1 rings (SSSR count). The lowest BCUT2D eigenvalue weighted by Crippen LogP contribution is -2.42. The molecule has 9 heavy (non-hydrogen) atoms. The summed E-state index contributed by atoms with van der Waals surface area (Å²) in [6.45, 7) is 2.49. The summed E-state index contributed by atoms with van der Waals surface area (Å²) in [6.07, 6.45) is 2.70. The van der Waals surface area contributed by atoms with E-state index in [2.05, 4.69) is 17.3 Å². The Morgan fingerprint density at radius 3 is 2.78 bits per heavy atom. The van der Waals surface area contributed by atoms with E-state index in [0.29, 0.717) is 0 Å². The first-order valence-corrected chi connectivity index (χ1v) is 3.68. The molecule has 1 aliphatic rings. The summed E-state index contributed by atoms with van der Waals surface area (Å²) in [5.74, 6) is 0. The molecule has 0 saturated carbocycles. The average Bonchev–Trinajstić information content (AvgIpc) is 1.88. The van der Waals surface area contributed by atoms with Gasteiger partial charge in [0, 0.05) is 12.6 Å². The van der Waals surface area contributed by atoms with Gasteiger partial charge in [0.05, 0.1) is 0 Å². The minimum atomic E-state index is 0.740. The molecule has 2 heteroatoms. The fraction of sp³-hybridized carbons (Fsp3) is 1.00. The Morgan fingerprint density at radius 1 is 1.56 bits per heavy atom. The summed E-state index contributed by atoms with van der Waals surface area (Å²) >= 11 is 0. The van der Waals surface area contributed by atoms with Crippen LogP contribution < -0.4 is 5.32 Å². The summed E-state index contributed by atoms with van der Waals surface area (Å²) in [5.41, 5.74) is 0. The van der Waals surface area contributed by atoms with Gasteiger partial charge in [0.25, 0.3) is 0 Å². The molecule has 1 aliphatic heterocycles. The highest BCUT2D eigenvalue weighted by Crippen LogP contribution is 2.06. The molecule has 0 aromatic carbocycles. The Labute approximate surface area is 57.2 Å². The number of piperidine rings is 1. The van der Waals surface area contributed by atoms with Gasteiger partial charge in [-0.15, -0.1) is 0 Å². The normalized spacial score (nSPS) is 30.7. The number of nitrogens with one attached hydrogen (secondary N) is 1. The zero-order chi connectivity index (χ0) is 6.69. The van der Waals surface area contributed by atoms with Crippen LogP contribution in [0.5, 0.6) is 0 Å². The third kappa shape index (κ3) is 1.95. The van der Waals surface area contributed by atoms with E-state index in [0.717, 1.165) is 6.04 Å². The van der Waals surface area contributed by atoms with E-state index in [1.165, 1.54) is 25.9 Å². The summed E-state index contributed by atoms with van der Waals surface area (Å²) in [5, 5.41) is 3.29. The maximum Gasteiger partial charge on any atom is 0.0192 e. The van der Waals surface area contributed by atoms with Crippen LogP contribution in [0, 0.1) is 0 Å². The lowest BCUT2D eigenvalue weighted by Gasteiger charge is -2.29. The van der Waals surface area contributed by atoms with Gasteiger partial charge in [0.15, 0.2) is 0 Å². The molecule has 0 amide bonds. The zero-order valence-electron chi connectivity index (χ0n) is 6.35. The Balaban J connectivity index is 2.23. The molecule has 1 heterocycles. The lowest BCUT2D eigenvalue weighted by molar-refractivity contribution is 0.234. The molecule has 1 saturated heterocycles. The third-order valence-corrected chi connectivity index (χ3v) is 2.03. The highest BCUT2D eigenvalue weighted by Gasteiger charge is 2.13. The van der Waals surface area contributed by atoms with Gasteiger partial charge in [-0.25, -0.2) is 0 Å². The van der Waals surface area contributed by atoms with Crippen molar-refractivity contribution in [2.75, 3.05) is 27.2 Å². The lowest BCUT2D eigenvalue weighted by atomic mass is 10.1. The SMILES string of the molecule is CN[C@H]1CCCN(C)C1. The molecule has 1 fully saturated rings. The van der Waals surface area contributed by atoms with Crippen molar-refractivity contribution in [3.8, 4) is 0 Å². The first kappa shape index (κ1) is 7.03. The van der Waals surface area contributed by atoms with Crippen LogP contribution in [-0.4, -0.2) is 38.1 Å². The summed E-state index contributed by atoms with van der Waals surface area (Å²) in [4.78, 5) is 2.38. The second-order valence-electron chi connectivity index (χ2n) is 2.89. The van der Waals surface area contributed by atoms with E-state index in [4.69, 9.17) is 0 Å². The molecule has 1 N–H and O–H groups in total. The third-order valence-electron chi connectivity index (χ3n) is 2.03. The van der Waals surface area contributed by atoms with Crippen molar-refractivity contribution < 1.29 is 0 Å². The van der Waals surface area contributed by atoms with Crippen LogP contribution in [0.2, 0.25) is 0 Å². The summed E-state index contributed by atoms with van der Waals surface area (Å²) in [7, 11) is 4.23. The van der Waals surface area contributed by atoms with Crippen molar-refractivity contribution >= 4 is 0 Å². The molecule has 0 unspecified atom stereocenters. The standard InChI is InChI=1S/C7H16N2/c1-8-7-4-3-5-9(2)6-7/h7-8H,3-6H2,1-2H3/t7-/m0/s1. The van der Waals surface area contributed by atoms with Gasteiger partial charge in [-0.3, -0.25) is 0 Å². The fourth-order valence-corrected chi connectivity index (χ4v) is 1.40. The summed E-state index contributed by atoms with van der Waals surface area (Å²) < 4.78 is 0. The van der Waals surface area contributed by atoms with E-state index in [9.17, 15) is 0 Å². The van der Waals surface area contributed by atoms with Gasteiger partial charge >= 0.3 is 0 Å². The smallest absolute Gasteiger partial charge is 0.0192 e. The first-order valence-electron chi connectivity index (χ1n) is 3.68. The van der Waals surface area contributed by atoms with Crippen molar-refractivity contribution in [3.05, 3.63) is 0 Å². The highest BCUT2D eigenvalue weighted by molar-refractivity contribution is 4.74. The van der Waals surface area contributed by atoms with Crippen LogP contribution in [0.3, 0.4) is 0 Å². The molecule has 0 aliphatic carbocycles. The molecular weight excluding hydrogens is 112 g/mol. The van der Waals surface area contributed by atoms with Crippen molar-refractivity contribution in [2.45, 2.75) is 18.9 Å². The Kier molecular flexibility index (Phi) is 2.49. The molecule has 0 bridgehead atoms. The number of nitrogens with zero attached hydrogens (tertiary/aromatic N) is 1. The fourth-order valence-electron chi connectivity index (χ4n) is 1.40. The quantitative estimate of drug-likeness (QED) is 0.546. The molecule has 2 nitrogen and oxygen atoms in total. The van der Waals surface area contributed by atoms with Gasteiger partial charge in [0.2, 0.25) is 0 Å². The number of likely N-dealkylation sites (tertiary alicyclic amines) is 1. The second-order valence-corrected chi connectivity index (χ2v) is 2.89. The summed E-state index contributed by atoms with van der Waals surface area (Å²) in [6, 6.07) is 0.740. The number of hydrogen-bond acceptors (Lipinski definition) is 2. The molecule has 0 aromatic heterocycles. The van der Waals surface area contributed by atoms with Crippen LogP contribution in [0.4, 0.5) is 0 Å². The van der Waals surface area contributed by atoms with E-state index in [-0.39, 0.29) is 0 Å². The van der Waals surface area contributed by atoms with Crippen LogP contribution in [0.15, 0.2) is 0 Å².